The Morgan fingerprint density at radius 2 is 2.21 bits per heavy atom. The smallest absolute Gasteiger partial charge is 0.256 e. The van der Waals surface area contributed by atoms with Gasteiger partial charge in [-0.15, -0.1) is 0 Å². The first-order valence-electron chi connectivity index (χ1n) is 4.28. The number of hydrogen-bond donors (Lipinski definition) is 1. The van der Waals surface area contributed by atoms with Crippen LogP contribution in [0.5, 0.6) is 5.75 Å². The highest BCUT2D eigenvalue weighted by Gasteiger charge is 2.32. The molecule has 1 aromatic rings. The highest BCUT2D eigenvalue weighted by molar-refractivity contribution is 5.98. The van der Waals surface area contributed by atoms with Gasteiger partial charge in [0.2, 0.25) is 0 Å². The van der Waals surface area contributed by atoms with Gasteiger partial charge in [0.25, 0.3) is 5.91 Å². The number of aliphatic hydroxyl groups excluding tert-OH is 1. The third kappa shape index (κ3) is 1.08. The number of benzene rings is 1. The largest absolute Gasteiger partial charge is 0.497 e. The molecule has 1 amide bonds. The molecule has 1 unspecified atom stereocenters. The van der Waals surface area contributed by atoms with E-state index in [2.05, 4.69) is 0 Å². The minimum Gasteiger partial charge on any atom is -0.497 e. The molecule has 0 aliphatic carbocycles. The summed E-state index contributed by atoms with van der Waals surface area (Å²) in [4.78, 5) is 12.8. The van der Waals surface area contributed by atoms with Crippen LogP contribution in [0.4, 0.5) is 0 Å². The maximum Gasteiger partial charge on any atom is 0.256 e. The van der Waals surface area contributed by atoms with Gasteiger partial charge in [0, 0.05) is 18.2 Å². The number of amides is 1. The number of nitrogens with zero attached hydrogens (tertiary/aromatic N) is 1. The lowest BCUT2D eigenvalue weighted by molar-refractivity contribution is 0.0301. The van der Waals surface area contributed by atoms with Crippen LogP contribution in [0.1, 0.15) is 22.1 Å². The van der Waals surface area contributed by atoms with Crippen LogP contribution < -0.4 is 4.74 Å². The van der Waals surface area contributed by atoms with Gasteiger partial charge in [0.15, 0.2) is 6.23 Å². The summed E-state index contributed by atoms with van der Waals surface area (Å²) < 4.78 is 5.02. The molecule has 4 heteroatoms. The first kappa shape index (κ1) is 9.02. The summed E-state index contributed by atoms with van der Waals surface area (Å²) in [7, 11) is 3.12. The Hall–Kier alpha value is -1.55. The van der Waals surface area contributed by atoms with Gasteiger partial charge in [0.05, 0.1) is 7.11 Å². The standard InChI is InChI=1S/C10H11NO3/c1-11-9(12)7-4-3-6(14-2)5-8(7)10(11)13/h3-5,10,13H,1-2H3. The summed E-state index contributed by atoms with van der Waals surface area (Å²) >= 11 is 0. The Kier molecular flexibility index (Phi) is 1.93. The quantitative estimate of drug-likeness (QED) is 0.716. The molecule has 1 aliphatic heterocycles. The predicted octanol–water partition coefficient (Wildman–Crippen LogP) is 0.772. The second-order valence-electron chi connectivity index (χ2n) is 3.24. The predicted molar refractivity (Wildman–Crippen MR) is 50.0 cm³/mol. The van der Waals surface area contributed by atoms with Gasteiger partial charge in [-0.25, -0.2) is 0 Å². The molecule has 74 valence electrons. The number of carbonyl (C=O) groups excluding carboxylic acids is 1. The molecule has 1 aliphatic rings. The molecular formula is C10H11NO3. The monoisotopic (exact) mass is 193 g/mol. The van der Waals surface area contributed by atoms with Gasteiger partial charge in [-0.2, -0.15) is 0 Å². The Morgan fingerprint density at radius 3 is 2.86 bits per heavy atom. The SMILES string of the molecule is COc1ccc2c(c1)C(O)N(C)C2=O. The van der Waals surface area contributed by atoms with Gasteiger partial charge in [0.1, 0.15) is 5.75 Å². The van der Waals surface area contributed by atoms with Crippen molar-refractivity contribution in [2.24, 2.45) is 0 Å². The van der Waals surface area contributed by atoms with Crippen molar-refractivity contribution in [2.75, 3.05) is 14.2 Å². The van der Waals surface area contributed by atoms with Crippen molar-refractivity contribution in [1.82, 2.24) is 4.90 Å². The Labute approximate surface area is 81.7 Å². The van der Waals surface area contributed by atoms with E-state index >= 15 is 0 Å². The zero-order valence-electron chi connectivity index (χ0n) is 8.02. The third-order valence-electron chi connectivity index (χ3n) is 2.45. The molecule has 1 aromatic carbocycles. The molecule has 4 nitrogen and oxygen atoms in total. The van der Waals surface area contributed by atoms with Crippen molar-refractivity contribution in [3.05, 3.63) is 29.3 Å². The molecule has 0 aromatic heterocycles. The van der Waals surface area contributed by atoms with Gasteiger partial charge in [-0.05, 0) is 18.2 Å². The van der Waals surface area contributed by atoms with Gasteiger partial charge < -0.3 is 14.7 Å². The van der Waals surface area contributed by atoms with E-state index in [1.807, 2.05) is 0 Å². The highest BCUT2D eigenvalue weighted by Crippen LogP contribution is 2.32. The Balaban J connectivity index is 2.53. The molecule has 2 rings (SSSR count). The lowest BCUT2D eigenvalue weighted by atomic mass is 10.1. The summed E-state index contributed by atoms with van der Waals surface area (Å²) in [6.45, 7) is 0. The summed E-state index contributed by atoms with van der Waals surface area (Å²) in [5.74, 6) is 0.487. The molecule has 0 spiro atoms. The van der Waals surface area contributed by atoms with Gasteiger partial charge >= 0.3 is 0 Å². The number of rotatable bonds is 1. The fourth-order valence-electron chi connectivity index (χ4n) is 1.59. The number of aliphatic hydroxyl groups is 1. The summed E-state index contributed by atoms with van der Waals surface area (Å²) in [5.41, 5.74) is 1.15. The van der Waals surface area contributed by atoms with E-state index in [0.29, 0.717) is 16.9 Å². The first-order valence-corrected chi connectivity index (χ1v) is 4.28. The average Bonchev–Trinajstić information content (AvgIpc) is 2.44. The Bertz CT molecular complexity index is 389. The highest BCUT2D eigenvalue weighted by atomic mass is 16.5. The molecule has 1 N–H and O–H groups in total. The van der Waals surface area contributed by atoms with E-state index < -0.39 is 6.23 Å². The van der Waals surface area contributed by atoms with Gasteiger partial charge in [-0.3, -0.25) is 4.79 Å². The maximum atomic E-state index is 11.5. The van der Waals surface area contributed by atoms with Crippen LogP contribution in [0.15, 0.2) is 18.2 Å². The fourth-order valence-corrected chi connectivity index (χ4v) is 1.59. The molecular weight excluding hydrogens is 182 g/mol. The normalized spacial score (nSPS) is 19.8. The second kappa shape index (κ2) is 2.99. The van der Waals surface area contributed by atoms with E-state index in [-0.39, 0.29) is 5.91 Å². The average molecular weight is 193 g/mol. The number of carbonyl (C=O) groups is 1. The summed E-state index contributed by atoms with van der Waals surface area (Å²) in [6, 6.07) is 5.06. The van der Waals surface area contributed by atoms with Gasteiger partial charge in [-0.1, -0.05) is 0 Å². The van der Waals surface area contributed by atoms with Crippen LogP contribution in [0.3, 0.4) is 0 Å². The third-order valence-corrected chi connectivity index (χ3v) is 2.45. The van der Waals surface area contributed by atoms with Crippen molar-refractivity contribution >= 4 is 5.91 Å². The van der Waals surface area contributed by atoms with Crippen molar-refractivity contribution in [3.63, 3.8) is 0 Å². The van der Waals surface area contributed by atoms with E-state index in [1.165, 1.54) is 4.90 Å². The van der Waals surface area contributed by atoms with Crippen LogP contribution in [0, 0.1) is 0 Å². The zero-order valence-corrected chi connectivity index (χ0v) is 8.02. The lowest BCUT2D eigenvalue weighted by Gasteiger charge is -2.13. The molecule has 0 fully saturated rings. The van der Waals surface area contributed by atoms with Crippen molar-refractivity contribution in [2.45, 2.75) is 6.23 Å². The van der Waals surface area contributed by atoms with Crippen LogP contribution in [-0.4, -0.2) is 30.1 Å². The summed E-state index contributed by atoms with van der Waals surface area (Å²) in [5, 5.41) is 9.69. The maximum absolute atomic E-state index is 11.5. The molecule has 1 atom stereocenters. The van der Waals surface area contributed by atoms with Crippen molar-refractivity contribution in [1.29, 1.82) is 0 Å². The number of fused-ring (bicyclic) bond motifs is 1. The van der Waals surface area contributed by atoms with Crippen molar-refractivity contribution in [3.8, 4) is 5.75 Å². The molecule has 0 bridgehead atoms. The van der Waals surface area contributed by atoms with Crippen LogP contribution in [0.25, 0.3) is 0 Å². The van der Waals surface area contributed by atoms with Crippen LogP contribution >= 0.6 is 0 Å². The molecule has 14 heavy (non-hydrogen) atoms. The molecule has 0 saturated carbocycles. The molecule has 0 saturated heterocycles. The Morgan fingerprint density at radius 1 is 1.50 bits per heavy atom. The minimum atomic E-state index is -0.854. The summed E-state index contributed by atoms with van der Waals surface area (Å²) in [6.07, 6.45) is -0.854. The van der Waals surface area contributed by atoms with E-state index in [9.17, 15) is 9.90 Å². The van der Waals surface area contributed by atoms with E-state index in [4.69, 9.17) is 4.74 Å². The molecule has 1 heterocycles. The first-order chi connectivity index (χ1) is 6.65. The second-order valence-corrected chi connectivity index (χ2v) is 3.24. The topological polar surface area (TPSA) is 49.8 Å². The lowest BCUT2D eigenvalue weighted by Crippen LogP contribution is -2.22. The van der Waals surface area contributed by atoms with Crippen LogP contribution in [-0.2, 0) is 0 Å². The van der Waals surface area contributed by atoms with Crippen molar-refractivity contribution < 1.29 is 14.6 Å². The van der Waals surface area contributed by atoms with Crippen LogP contribution in [0.2, 0.25) is 0 Å². The fraction of sp³-hybridized carbons (Fsp3) is 0.300. The zero-order chi connectivity index (χ0) is 10.3. The van der Waals surface area contributed by atoms with E-state index in [1.54, 1.807) is 32.4 Å². The number of hydrogen-bond acceptors (Lipinski definition) is 3. The minimum absolute atomic E-state index is 0.157. The van der Waals surface area contributed by atoms with E-state index in [0.717, 1.165) is 0 Å². The number of methoxy groups -OCH3 is 1. The number of ether oxygens (including phenoxy) is 1. The molecule has 0 radical (unpaired) electrons.